The average molecular weight is 285 g/mol. The Kier molecular flexibility index (Phi) is 7.48. The van der Waals surface area contributed by atoms with E-state index in [2.05, 4.69) is 22.2 Å². The van der Waals surface area contributed by atoms with Crippen molar-refractivity contribution >= 4 is 5.97 Å². The molecule has 1 aliphatic heterocycles. The van der Waals surface area contributed by atoms with Crippen molar-refractivity contribution in [3.63, 3.8) is 0 Å². The average Bonchev–Trinajstić information content (AvgIpc) is 2.41. The first-order chi connectivity index (χ1) is 9.51. The number of carbonyl (C=O) groups excluding carboxylic acids is 1. The number of esters is 1. The van der Waals surface area contributed by atoms with Crippen molar-refractivity contribution in [3.05, 3.63) is 0 Å². The monoisotopic (exact) mass is 285 g/mol. The molecule has 1 rings (SSSR count). The highest BCUT2D eigenvalue weighted by atomic mass is 16.5. The first-order valence-electron chi connectivity index (χ1n) is 7.85. The fourth-order valence-electron chi connectivity index (χ4n) is 2.67. The Morgan fingerprint density at radius 2 is 1.90 bits per heavy atom. The van der Waals surface area contributed by atoms with E-state index in [0.717, 1.165) is 52.1 Å². The summed E-state index contributed by atoms with van der Waals surface area (Å²) in [6, 6.07) is 0. The minimum absolute atomic E-state index is 0.125. The third-order valence-electron chi connectivity index (χ3n) is 4.04. The van der Waals surface area contributed by atoms with Gasteiger partial charge in [-0.05, 0) is 46.8 Å². The highest BCUT2D eigenvalue weighted by Gasteiger charge is 2.33. The summed E-state index contributed by atoms with van der Waals surface area (Å²) < 4.78 is 5.19. The summed E-state index contributed by atoms with van der Waals surface area (Å²) >= 11 is 0. The molecule has 0 amide bonds. The van der Waals surface area contributed by atoms with Crippen molar-refractivity contribution in [3.8, 4) is 0 Å². The number of rotatable bonds is 8. The van der Waals surface area contributed by atoms with Crippen molar-refractivity contribution in [1.82, 2.24) is 15.1 Å². The molecule has 1 unspecified atom stereocenters. The molecule has 0 spiro atoms. The van der Waals surface area contributed by atoms with Crippen LogP contribution in [0.5, 0.6) is 0 Å². The summed E-state index contributed by atoms with van der Waals surface area (Å²) in [5.74, 6) is -0.125. The van der Waals surface area contributed by atoms with Gasteiger partial charge in [0.2, 0.25) is 0 Å². The molecule has 0 radical (unpaired) electrons. The predicted molar refractivity (Wildman–Crippen MR) is 81.9 cm³/mol. The maximum absolute atomic E-state index is 12.1. The van der Waals surface area contributed by atoms with Gasteiger partial charge in [0, 0.05) is 26.2 Å². The zero-order valence-electron chi connectivity index (χ0n) is 13.6. The lowest BCUT2D eigenvalue weighted by Gasteiger charge is -2.33. The standard InChI is InChI=1S/C15H31N3O2/c1-5-16-15(3,14(19)20-6-2)8-7-9-18-12-10-17(4)11-13-18/h16H,5-13H2,1-4H3. The minimum atomic E-state index is -0.544. The van der Waals surface area contributed by atoms with Gasteiger partial charge in [-0.1, -0.05) is 6.92 Å². The highest BCUT2D eigenvalue weighted by molar-refractivity contribution is 5.80. The summed E-state index contributed by atoms with van der Waals surface area (Å²) in [6.07, 6.45) is 1.85. The number of likely N-dealkylation sites (N-methyl/N-ethyl adjacent to an activating group) is 2. The largest absolute Gasteiger partial charge is 0.465 e. The third kappa shape index (κ3) is 5.38. The predicted octanol–water partition coefficient (Wildman–Crippen LogP) is 0.945. The van der Waals surface area contributed by atoms with E-state index in [1.807, 2.05) is 20.8 Å². The van der Waals surface area contributed by atoms with Gasteiger partial charge >= 0.3 is 5.97 Å². The van der Waals surface area contributed by atoms with Crippen molar-refractivity contribution < 1.29 is 9.53 Å². The smallest absolute Gasteiger partial charge is 0.326 e. The Morgan fingerprint density at radius 1 is 1.25 bits per heavy atom. The number of hydrogen-bond donors (Lipinski definition) is 1. The van der Waals surface area contributed by atoms with Crippen LogP contribution in [0.3, 0.4) is 0 Å². The molecule has 118 valence electrons. The van der Waals surface area contributed by atoms with Crippen LogP contribution in [0.4, 0.5) is 0 Å². The first-order valence-corrected chi connectivity index (χ1v) is 7.85. The molecule has 0 bridgehead atoms. The van der Waals surface area contributed by atoms with E-state index in [9.17, 15) is 4.79 Å². The minimum Gasteiger partial charge on any atom is -0.465 e. The number of piperazine rings is 1. The van der Waals surface area contributed by atoms with Gasteiger partial charge in [0.1, 0.15) is 5.54 Å². The molecular formula is C15H31N3O2. The summed E-state index contributed by atoms with van der Waals surface area (Å²) in [5, 5.41) is 3.29. The summed E-state index contributed by atoms with van der Waals surface area (Å²) in [7, 11) is 2.17. The second-order valence-electron chi connectivity index (χ2n) is 5.83. The lowest BCUT2D eigenvalue weighted by Crippen LogP contribution is -2.51. The van der Waals surface area contributed by atoms with Crippen LogP contribution in [-0.2, 0) is 9.53 Å². The van der Waals surface area contributed by atoms with Crippen LogP contribution in [0.1, 0.15) is 33.6 Å². The highest BCUT2D eigenvalue weighted by Crippen LogP contribution is 2.15. The fraction of sp³-hybridized carbons (Fsp3) is 0.933. The van der Waals surface area contributed by atoms with Crippen molar-refractivity contribution in [2.45, 2.75) is 39.2 Å². The Morgan fingerprint density at radius 3 is 2.45 bits per heavy atom. The van der Waals surface area contributed by atoms with Gasteiger partial charge < -0.3 is 19.9 Å². The second-order valence-corrected chi connectivity index (χ2v) is 5.83. The molecule has 1 N–H and O–H groups in total. The lowest BCUT2D eigenvalue weighted by molar-refractivity contribution is -0.150. The molecule has 0 aromatic rings. The second kappa shape index (κ2) is 8.60. The lowest BCUT2D eigenvalue weighted by atomic mass is 9.95. The number of carbonyl (C=O) groups is 1. The molecule has 1 atom stereocenters. The normalized spacial score (nSPS) is 20.6. The number of nitrogens with one attached hydrogen (secondary N) is 1. The molecule has 0 aliphatic carbocycles. The molecule has 1 heterocycles. The zero-order valence-corrected chi connectivity index (χ0v) is 13.6. The van der Waals surface area contributed by atoms with Gasteiger partial charge in [0.05, 0.1) is 6.61 Å². The Bertz CT molecular complexity index is 291. The Labute approximate surface area is 123 Å². The SMILES string of the molecule is CCNC(C)(CCCN1CCN(C)CC1)C(=O)OCC. The Hall–Kier alpha value is -0.650. The molecule has 5 nitrogen and oxygen atoms in total. The molecule has 0 saturated carbocycles. The van der Waals surface area contributed by atoms with Crippen molar-refractivity contribution in [2.24, 2.45) is 0 Å². The van der Waals surface area contributed by atoms with Crippen LogP contribution >= 0.6 is 0 Å². The van der Waals surface area contributed by atoms with Gasteiger partial charge in [-0.2, -0.15) is 0 Å². The summed E-state index contributed by atoms with van der Waals surface area (Å²) in [4.78, 5) is 16.9. The maximum Gasteiger partial charge on any atom is 0.326 e. The molecule has 1 fully saturated rings. The first kappa shape index (κ1) is 17.4. The van der Waals surface area contributed by atoms with E-state index >= 15 is 0 Å². The zero-order chi connectivity index (χ0) is 15.0. The number of ether oxygens (including phenoxy) is 1. The van der Waals surface area contributed by atoms with E-state index in [1.165, 1.54) is 0 Å². The topological polar surface area (TPSA) is 44.8 Å². The van der Waals surface area contributed by atoms with E-state index in [4.69, 9.17) is 4.74 Å². The maximum atomic E-state index is 12.1. The van der Waals surface area contributed by atoms with Gasteiger partial charge in [-0.3, -0.25) is 4.79 Å². The van der Waals surface area contributed by atoms with E-state index in [-0.39, 0.29) is 5.97 Å². The quantitative estimate of drug-likeness (QED) is 0.673. The molecular weight excluding hydrogens is 254 g/mol. The molecule has 0 aromatic carbocycles. The van der Waals surface area contributed by atoms with Crippen LogP contribution in [-0.4, -0.2) is 74.2 Å². The number of nitrogens with zero attached hydrogens (tertiary/aromatic N) is 2. The molecule has 20 heavy (non-hydrogen) atoms. The van der Waals surface area contributed by atoms with E-state index < -0.39 is 5.54 Å². The van der Waals surface area contributed by atoms with Gasteiger partial charge in [0.15, 0.2) is 0 Å². The molecule has 5 heteroatoms. The van der Waals surface area contributed by atoms with Crippen LogP contribution in [0, 0.1) is 0 Å². The summed E-state index contributed by atoms with van der Waals surface area (Å²) in [6.45, 7) is 12.7. The van der Waals surface area contributed by atoms with Crippen LogP contribution in [0.25, 0.3) is 0 Å². The van der Waals surface area contributed by atoms with Crippen molar-refractivity contribution in [1.29, 1.82) is 0 Å². The molecule has 0 aromatic heterocycles. The van der Waals surface area contributed by atoms with E-state index in [0.29, 0.717) is 6.61 Å². The van der Waals surface area contributed by atoms with E-state index in [1.54, 1.807) is 0 Å². The molecule has 1 saturated heterocycles. The van der Waals surface area contributed by atoms with Gasteiger partial charge in [-0.25, -0.2) is 0 Å². The molecule has 1 aliphatic rings. The third-order valence-corrected chi connectivity index (χ3v) is 4.04. The van der Waals surface area contributed by atoms with Gasteiger partial charge in [0.25, 0.3) is 0 Å². The Balaban J connectivity index is 2.36. The van der Waals surface area contributed by atoms with Gasteiger partial charge in [-0.15, -0.1) is 0 Å². The van der Waals surface area contributed by atoms with Crippen LogP contribution in [0.15, 0.2) is 0 Å². The van der Waals surface area contributed by atoms with Crippen LogP contribution < -0.4 is 5.32 Å². The summed E-state index contributed by atoms with van der Waals surface area (Å²) in [5.41, 5.74) is -0.544. The number of hydrogen-bond acceptors (Lipinski definition) is 5. The fourth-order valence-corrected chi connectivity index (χ4v) is 2.67. The van der Waals surface area contributed by atoms with Crippen molar-refractivity contribution in [2.75, 3.05) is 52.9 Å². The van der Waals surface area contributed by atoms with Crippen LogP contribution in [0.2, 0.25) is 0 Å².